The van der Waals surface area contributed by atoms with Gasteiger partial charge in [-0.2, -0.15) is 5.10 Å². The van der Waals surface area contributed by atoms with Gasteiger partial charge in [-0.1, -0.05) is 0 Å². The molecule has 6 heteroatoms. The molecule has 3 aromatic heterocycles. The van der Waals surface area contributed by atoms with Crippen LogP contribution in [0, 0.1) is 13.8 Å². The normalized spacial score (nSPS) is 11.3. The third-order valence-electron chi connectivity index (χ3n) is 4.15. The molecule has 0 spiro atoms. The summed E-state index contributed by atoms with van der Waals surface area (Å²) in [6.07, 6.45) is 1.62. The zero-order chi connectivity index (χ0) is 15.9. The lowest BCUT2D eigenvalue weighted by Gasteiger charge is -2.07. The summed E-state index contributed by atoms with van der Waals surface area (Å²) in [7, 11) is 1.86. The van der Waals surface area contributed by atoms with Crippen molar-refractivity contribution in [2.24, 2.45) is 7.05 Å². The van der Waals surface area contributed by atoms with Crippen molar-refractivity contribution in [1.82, 2.24) is 19.7 Å². The molecule has 3 rings (SSSR count). The molecule has 6 nitrogen and oxygen atoms in total. The van der Waals surface area contributed by atoms with E-state index in [-0.39, 0.29) is 5.91 Å². The molecule has 116 valence electrons. The summed E-state index contributed by atoms with van der Waals surface area (Å²) in [6.45, 7) is 7.36. The minimum absolute atomic E-state index is 0.114. The van der Waals surface area contributed by atoms with Crippen LogP contribution in [0.3, 0.4) is 0 Å². The molecule has 0 radical (unpaired) electrons. The number of rotatable bonds is 4. The van der Waals surface area contributed by atoms with Gasteiger partial charge in [0.15, 0.2) is 5.58 Å². The number of nitrogens with one attached hydrogen (secondary N) is 1. The van der Waals surface area contributed by atoms with E-state index in [1.807, 2.05) is 36.2 Å². The molecular weight excluding hydrogens is 280 g/mol. The number of hydrogen-bond acceptors (Lipinski definition) is 3. The van der Waals surface area contributed by atoms with Crippen molar-refractivity contribution in [3.8, 4) is 0 Å². The van der Waals surface area contributed by atoms with Crippen LogP contribution in [0.2, 0.25) is 0 Å². The third kappa shape index (κ3) is 2.20. The van der Waals surface area contributed by atoms with E-state index in [1.165, 1.54) is 0 Å². The molecular formula is C16H20N4O2. The zero-order valence-corrected chi connectivity index (χ0v) is 13.3. The molecule has 0 aromatic carbocycles. The predicted molar refractivity (Wildman–Crippen MR) is 83.7 cm³/mol. The van der Waals surface area contributed by atoms with Crippen LogP contribution in [0.15, 0.2) is 22.8 Å². The highest BCUT2D eigenvalue weighted by atomic mass is 16.3. The van der Waals surface area contributed by atoms with Crippen LogP contribution in [0.25, 0.3) is 11.1 Å². The van der Waals surface area contributed by atoms with Crippen molar-refractivity contribution >= 4 is 17.0 Å². The van der Waals surface area contributed by atoms with Crippen molar-refractivity contribution in [1.29, 1.82) is 0 Å². The molecule has 0 fully saturated rings. The standard InChI is InChI=1S/C16H20N4O2/c1-5-20-11(3)12(10(2)18-20)9-17-16(21)14-8-15-13(19(14)4)6-7-22-15/h6-8H,5,9H2,1-4H3,(H,17,21). The van der Waals surface area contributed by atoms with Gasteiger partial charge < -0.3 is 14.3 Å². The summed E-state index contributed by atoms with van der Waals surface area (Å²) < 4.78 is 9.12. The van der Waals surface area contributed by atoms with Gasteiger partial charge in [0.1, 0.15) is 5.69 Å². The van der Waals surface area contributed by atoms with Crippen molar-refractivity contribution < 1.29 is 9.21 Å². The van der Waals surface area contributed by atoms with E-state index in [1.54, 1.807) is 12.3 Å². The fraction of sp³-hybridized carbons (Fsp3) is 0.375. The first-order chi connectivity index (χ1) is 10.5. The van der Waals surface area contributed by atoms with Gasteiger partial charge in [0.2, 0.25) is 0 Å². The summed E-state index contributed by atoms with van der Waals surface area (Å²) in [5, 5.41) is 7.44. The van der Waals surface area contributed by atoms with Gasteiger partial charge in [0.25, 0.3) is 5.91 Å². The number of carbonyl (C=O) groups is 1. The van der Waals surface area contributed by atoms with E-state index < -0.39 is 0 Å². The SMILES string of the molecule is CCn1nc(C)c(CNC(=O)c2cc3occc3n2C)c1C. The van der Waals surface area contributed by atoms with E-state index in [4.69, 9.17) is 4.42 Å². The number of amides is 1. The monoisotopic (exact) mass is 300 g/mol. The second kappa shape index (κ2) is 5.36. The number of carbonyl (C=O) groups excluding carboxylic acids is 1. The summed E-state index contributed by atoms with van der Waals surface area (Å²) in [5.74, 6) is -0.114. The molecule has 1 amide bonds. The molecule has 0 saturated heterocycles. The third-order valence-corrected chi connectivity index (χ3v) is 4.15. The quantitative estimate of drug-likeness (QED) is 0.805. The molecule has 0 atom stereocenters. The topological polar surface area (TPSA) is 65.0 Å². The maximum absolute atomic E-state index is 12.4. The highest BCUT2D eigenvalue weighted by Gasteiger charge is 2.16. The highest BCUT2D eigenvalue weighted by molar-refractivity contribution is 5.97. The molecule has 0 saturated carbocycles. The van der Waals surface area contributed by atoms with Crippen LogP contribution in [0.5, 0.6) is 0 Å². The molecule has 3 heterocycles. The van der Waals surface area contributed by atoms with Gasteiger partial charge in [-0.15, -0.1) is 0 Å². The summed E-state index contributed by atoms with van der Waals surface area (Å²) in [6, 6.07) is 3.62. The molecule has 0 unspecified atom stereocenters. The second-order valence-electron chi connectivity index (χ2n) is 5.41. The maximum atomic E-state index is 12.4. The van der Waals surface area contributed by atoms with Crippen molar-refractivity contribution in [3.63, 3.8) is 0 Å². The Kier molecular flexibility index (Phi) is 3.52. The van der Waals surface area contributed by atoms with E-state index >= 15 is 0 Å². The van der Waals surface area contributed by atoms with E-state index in [0.717, 1.165) is 34.6 Å². The molecule has 0 aliphatic heterocycles. The Bertz CT molecular complexity index is 838. The Morgan fingerprint density at radius 1 is 1.41 bits per heavy atom. The van der Waals surface area contributed by atoms with Gasteiger partial charge in [0.05, 0.1) is 17.5 Å². The second-order valence-corrected chi connectivity index (χ2v) is 5.41. The average molecular weight is 300 g/mol. The lowest BCUT2D eigenvalue weighted by Crippen LogP contribution is -2.25. The number of furan rings is 1. The molecule has 0 aliphatic rings. The van der Waals surface area contributed by atoms with Crippen LogP contribution >= 0.6 is 0 Å². The molecule has 0 bridgehead atoms. The number of aryl methyl sites for hydroxylation is 3. The number of aromatic nitrogens is 3. The van der Waals surface area contributed by atoms with Crippen LogP contribution in [-0.4, -0.2) is 20.3 Å². The van der Waals surface area contributed by atoms with Crippen LogP contribution in [0.4, 0.5) is 0 Å². The Labute approximate surface area is 128 Å². The smallest absolute Gasteiger partial charge is 0.268 e. The highest BCUT2D eigenvalue weighted by Crippen LogP contribution is 2.20. The van der Waals surface area contributed by atoms with E-state index in [9.17, 15) is 4.79 Å². The van der Waals surface area contributed by atoms with E-state index in [0.29, 0.717) is 12.2 Å². The minimum atomic E-state index is -0.114. The first-order valence-corrected chi connectivity index (χ1v) is 7.37. The Hall–Kier alpha value is -2.50. The number of hydrogen-bond donors (Lipinski definition) is 1. The van der Waals surface area contributed by atoms with Crippen LogP contribution in [0.1, 0.15) is 34.4 Å². The minimum Gasteiger partial charge on any atom is -0.463 e. The largest absolute Gasteiger partial charge is 0.463 e. The Balaban J connectivity index is 1.79. The Morgan fingerprint density at radius 2 is 2.18 bits per heavy atom. The summed E-state index contributed by atoms with van der Waals surface area (Å²) in [4.78, 5) is 12.4. The van der Waals surface area contributed by atoms with Gasteiger partial charge in [0, 0.05) is 43.5 Å². The lowest BCUT2D eigenvalue weighted by molar-refractivity contribution is 0.0943. The summed E-state index contributed by atoms with van der Waals surface area (Å²) in [5.41, 5.74) is 5.36. The average Bonchev–Trinajstić information content (AvgIpc) is 3.14. The predicted octanol–water partition coefficient (Wildman–Crippen LogP) is 2.53. The van der Waals surface area contributed by atoms with Crippen LogP contribution in [-0.2, 0) is 20.1 Å². The fourth-order valence-electron chi connectivity index (χ4n) is 2.82. The van der Waals surface area contributed by atoms with Gasteiger partial charge >= 0.3 is 0 Å². The van der Waals surface area contributed by atoms with Gasteiger partial charge in [-0.3, -0.25) is 9.48 Å². The molecule has 0 aliphatic carbocycles. The lowest BCUT2D eigenvalue weighted by atomic mass is 10.2. The van der Waals surface area contributed by atoms with E-state index in [2.05, 4.69) is 17.3 Å². The first-order valence-electron chi connectivity index (χ1n) is 7.37. The van der Waals surface area contributed by atoms with Crippen LogP contribution < -0.4 is 5.32 Å². The van der Waals surface area contributed by atoms with Gasteiger partial charge in [-0.25, -0.2) is 0 Å². The van der Waals surface area contributed by atoms with Crippen molar-refractivity contribution in [2.75, 3.05) is 0 Å². The first kappa shape index (κ1) is 14.4. The number of fused-ring (bicyclic) bond motifs is 1. The van der Waals surface area contributed by atoms with Crippen molar-refractivity contribution in [3.05, 3.63) is 41.0 Å². The summed E-state index contributed by atoms with van der Waals surface area (Å²) >= 11 is 0. The van der Waals surface area contributed by atoms with Gasteiger partial charge in [-0.05, 0) is 20.8 Å². The molecule has 3 aromatic rings. The molecule has 1 N–H and O–H groups in total. The fourth-order valence-corrected chi connectivity index (χ4v) is 2.82. The molecule has 22 heavy (non-hydrogen) atoms. The van der Waals surface area contributed by atoms with Crippen molar-refractivity contribution in [2.45, 2.75) is 33.9 Å². The zero-order valence-electron chi connectivity index (χ0n) is 13.3. The maximum Gasteiger partial charge on any atom is 0.268 e. The Morgan fingerprint density at radius 3 is 2.82 bits per heavy atom. The number of nitrogens with zero attached hydrogens (tertiary/aromatic N) is 3.